The summed E-state index contributed by atoms with van der Waals surface area (Å²) in [4.78, 5) is 2.23. The summed E-state index contributed by atoms with van der Waals surface area (Å²) < 4.78 is 0. The Morgan fingerprint density at radius 3 is 1.57 bits per heavy atom. The van der Waals surface area contributed by atoms with Crippen molar-refractivity contribution in [3.8, 4) is 0 Å². The van der Waals surface area contributed by atoms with Crippen molar-refractivity contribution in [1.29, 1.82) is 0 Å². The van der Waals surface area contributed by atoms with E-state index in [1.54, 1.807) is 0 Å². The lowest BCUT2D eigenvalue weighted by atomic mass is 9.84. The number of aliphatic hydroxyl groups is 1. The van der Waals surface area contributed by atoms with E-state index >= 15 is 0 Å². The minimum absolute atomic E-state index is 0.0566. The van der Waals surface area contributed by atoms with Crippen molar-refractivity contribution in [3.05, 3.63) is 0 Å². The summed E-state index contributed by atoms with van der Waals surface area (Å²) in [5.74, 6) is 0. The zero-order valence-corrected chi connectivity index (χ0v) is 11.0. The van der Waals surface area contributed by atoms with Gasteiger partial charge in [0.2, 0.25) is 0 Å². The molecule has 0 saturated heterocycles. The predicted octanol–water partition coefficient (Wildman–Crippen LogP) is 2.51. The highest BCUT2D eigenvalue weighted by molar-refractivity contribution is 4.87. The van der Waals surface area contributed by atoms with Crippen molar-refractivity contribution in [2.24, 2.45) is 5.41 Å². The summed E-state index contributed by atoms with van der Waals surface area (Å²) in [5, 5.41) is 10.1. The lowest BCUT2D eigenvalue weighted by Crippen LogP contribution is -2.52. The highest BCUT2D eigenvalue weighted by atomic mass is 16.3. The first-order chi connectivity index (χ1) is 5.98. The molecule has 0 amide bonds. The van der Waals surface area contributed by atoms with Crippen molar-refractivity contribution < 1.29 is 5.11 Å². The average Bonchev–Trinajstić information content (AvgIpc) is 1.97. The molecule has 0 rings (SSSR count). The molecule has 14 heavy (non-hydrogen) atoms. The summed E-state index contributed by atoms with van der Waals surface area (Å²) in [7, 11) is 2.07. The second kappa shape index (κ2) is 4.19. The van der Waals surface area contributed by atoms with Gasteiger partial charge in [-0.3, -0.25) is 4.90 Å². The smallest absolute Gasteiger partial charge is 0.0740 e. The van der Waals surface area contributed by atoms with Crippen LogP contribution in [0.25, 0.3) is 0 Å². The molecule has 0 aromatic carbocycles. The van der Waals surface area contributed by atoms with Crippen LogP contribution in [0.2, 0.25) is 0 Å². The summed E-state index contributed by atoms with van der Waals surface area (Å²) in [6, 6.07) is 0.176. The molecule has 0 fully saturated rings. The molecule has 0 aromatic rings. The van der Waals surface area contributed by atoms with Crippen LogP contribution >= 0.6 is 0 Å². The van der Waals surface area contributed by atoms with Crippen LogP contribution in [-0.2, 0) is 0 Å². The van der Waals surface area contributed by atoms with Crippen LogP contribution in [0.3, 0.4) is 0 Å². The number of likely N-dealkylation sites (N-methyl/N-ethyl adjacent to an activating group) is 1. The molecule has 0 heterocycles. The molecular weight excluding hydrogens is 174 g/mol. The maximum absolute atomic E-state index is 10.1. The van der Waals surface area contributed by atoms with Gasteiger partial charge in [0, 0.05) is 11.6 Å². The molecule has 0 aliphatic carbocycles. The van der Waals surface area contributed by atoms with Crippen molar-refractivity contribution in [3.63, 3.8) is 0 Å². The number of hydrogen-bond donors (Lipinski definition) is 1. The maximum atomic E-state index is 10.1. The molecule has 0 spiro atoms. The second-order valence-electron chi connectivity index (χ2n) is 6.33. The van der Waals surface area contributed by atoms with E-state index in [4.69, 9.17) is 0 Å². The topological polar surface area (TPSA) is 23.5 Å². The van der Waals surface area contributed by atoms with Crippen molar-refractivity contribution in [1.82, 2.24) is 4.90 Å². The maximum Gasteiger partial charge on any atom is 0.0740 e. The zero-order valence-electron chi connectivity index (χ0n) is 11.0. The van der Waals surface area contributed by atoms with E-state index in [1.807, 2.05) is 0 Å². The monoisotopic (exact) mass is 201 g/mol. The Morgan fingerprint density at radius 1 is 1.00 bits per heavy atom. The van der Waals surface area contributed by atoms with Gasteiger partial charge >= 0.3 is 0 Å². The normalized spacial score (nSPS) is 18.4. The predicted molar refractivity (Wildman–Crippen MR) is 62.4 cm³/mol. The van der Waals surface area contributed by atoms with E-state index < -0.39 is 0 Å². The van der Waals surface area contributed by atoms with Crippen molar-refractivity contribution in [2.75, 3.05) is 7.05 Å². The molecule has 86 valence electrons. The fraction of sp³-hybridized carbons (Fsp3) is 1.00. The van der Waals surface area contributed by atoms with Crippen LogP contribution in [0.5, 0.6) is 0 Å². The molecule has 0 aliphatic heterocycles. The van der Waals surface area contributed by atoms with Gasteiger partial charge in [-0.2, -0.15) is 0 Å². The first-order valence-electron chi connectivity index (χ1n) is 5.39. The SMILES string of the molecule is C[C@H]([C@@H](O)C(C)(C)C)N(C)C(C)(C)C. The first-order valence-corrected chi connectivity index (χ1v) is 5.39. The van der Waals surface area contributed by atoms with Crippen molar-refractivity contribution in [2.45, 2.75) is 66.2 Å². The molecule has 0 aromatic heterocycles. The van der Waals surface area contributed by atoms with Gasteiger partial charge in [-0.25, -0.2) is 0 Å². The molecule has 0 unspecified atom stereocenters. The van der Waals surface area contributed by atoms with E-state index in [9.17, 15) is 5.11 Å². The third-order valence-electron chi connectivity index (χ3n) is 3.01. The summed E-state index contributed by atoms with van der Waals surface area (Å²) in [6.07, 6.45) is -0.299. The molecule has 0 aliphatic rings. The van der Waals surface area contributed by atoms with Gasteiger partial charge in [0.25, 0.3) is 0 Å². The van der Waals surface area contributed by atoms with E-state index in [0.717, 1.165) is 0 Å². The molecular formula is C12H27NO. The van der Waals surface area contributed by atoms with Crippen molar-refractivity contribution >= 4 is 0 Å². The van der Waals surface area contributed by atoms with Crippen LogP contribution in [0.4, 0.5) is 0 Å². The van der Waals surface area contributed by atoms with Crippen LogP contribution in [0.1, 0.15) is 48.5 Å². The number of nitrogens with zero attached hydrogens (tertiary/aromatic N) is 1. The Bertz CT molecular complexity index is 156. The number of rotatable bonds is 2. The zero-order chi connectivity index (χ0) is 11.7. The van der Waals surface area contributed by atoms with Gasteiger partial charge in [0.15, 0.2) is 0 Å². The standard InChI is InChI=1S/C12H27NO/c1-9(10(14)11(2,3)4)13(8)12(5,6)7/h9-10,14H,1-8H3/t9-,10-/m1/s1. The molecule has 0 saturated carbocycles. The van der Waals surface area contributed by atoms with Gasteiger partial charge in [0.05, 0.1) is 6.10 Å². The summed E-state index contributed by atoms with van der Waals surface area (Å²) in [6.45, 7) is 14.8. The van der Waals surface area contributed by atoms with Gasteiger partial charge in [-0.05, 0) is 40.2 Å². The molecule has 2 heteroatoms. The highest BCUT2D eigenvalue weighted by Crippen LogP contribution is 2.26. The Morgan fingerprint density at radius 2 is 1.36 bits per heavy atom. The van der Waals surface area contributed by atoms with Gasteiger partial charge < -0.3 is 5.11 Å². The largest absolute Gasteiger partial charge is 0.391 e. The Kier molecular flexibility index (Phi) is 4.17. The van der Waals surface area contributed by atoms with Gasteiger partial charge in [-0.1, -0.05) is 20.8 Å². The van der Waals surface area contributed by atoms with Crippen LogP contribution in [-0.4, -0.2) is 34.7 Å². The van der Waals surface area contributed by atoms with E-state index in [-0.39, 0.29) is 23.1 Å². The lowest BCUT2D eigenvalue weighted by molar-refractivity contribution is -0.0306. The fourth-order valence-corrected chi connectivity index (χ4v) is 1.55. The Labute approximate surface area is 89.3 Å². The summed E-state index contributed by atoms with van der Waals surface area (Å²) in [5.41, 5.74) is 0.0462. The van der Waals surface area contributed by atoms with E-state index in [2.05, 4.69) is 60.4 Å². The fourth-order valence-electron chi connectivity index (χ4n) is 1.55. The molecule has 2 nitrogen and oxygen atoms in total. The Balaban J connectivity index is 4.56. The van der Waals surface area contributed by atoms with Crippen LogP contribution < -0.4 is 0 Å². The molecule has 2 atom stereocenters. The minimum Gasteiger partial charge on any atom is -0.391 e. The van der Waals surface area contributed by atoms with Gasteiger partial charge in [-0.15, -0.1) is 0 Å². The third kappa shape index (κ3) is 3.58. The molecule has 0 radical (unpaired) electrons. The van der Waals surface area contributed by atoms with E-state index in [0.29, 0.717) is 0 Å². The lowest BCUT2D eigenvalue weighted by Gasteiger charge is -2.42. The second-order valence-corrected chi connectivity index (χ2v) is 6.33. The molecule has 0 bridgehead atoms. The van der Waals surface area contributed by atoms with Crippen LogP contribution in [0, 0.1) is 5.41 Å². The van der Waals surface area contributed by atoms with E-state index in [1.165, 1.54) is 0 Å². The molecule has 1 N–H and O–H groups in total. The Hall–Kier alpha value is -0.0800. The van der Waals surface area contributed by atoms with Gasteiger partial charge in [0.1, 0.15) is 0 Å². The number of aliphatic hydroxyl groups excluding tert-OH is 1. The summed E-state index contributed by atoms with van der Waals surface area (Å²) >= 11 is 0. The number of hydrogen-bond acceptors (Lipinski definition) is 2. The quantitative estimate of drug-likeness (QED) is 0.742. The van der Waals surface area contributed by atoms with Crippen LogP contribution in [0.15, 0.2) is 0 Å². The third-order valence-corrected chi connectivity index (χ3v) is 3.01. The average molecular weight is 201 g/mol. The minimum atomic E-state index is -0.299. The highest BCUT2D eigenvalue weighted by Gasteiger charge is 2.33. The first kappa shape index (κ1) is 13.9.